The molecule has 0 aliphatic carbocycles. The third-order valence-electron chi connectivity index (χ3n) is 3.04. The van der Waals surface area contributed by atoms with E-state index in [1.165, 1.54) is 0 Å². The number of allylic oxidation sites excluding steroid dienone is 1. The second kappa shape index (κ2) is 6.46. The molecule has 3 heteroatoms. The number of rotatable bonds is 6. The molecule has 2 nitrogen and oxygen atoms in total. The van der Waals surface area contributed by atoms with Crippen molar-refractivity contribution in [2.75, 3.05) is 13.2 Å². The summed E-state index contributed by atoms with van der Waals surface area (Å²) in [6.07, 6.45) is 5.94. The smallest absolute Gasteiger partial charge is 0.192 e. The van der Waals surface area contributed by atoms with Gasteiger partial charge >= 0.3 is 0 Å². The van der Waals surface area contributed by atoms with Gasteiger partial charge in [-0.1, -0.05) is 32.9 Å². The molecular weight excluding hydrogens is 204 g/mol. The van der Waals surface area contributed by atoms with Gasteiger partial charge in [0.15, 0.2) is 8.32 Å². The molecule has 0 aromatic rings. The molecule has 0 spiro atoms. The zero-order valence-electron chi connectivity index (χ0n) is 10.8. The predicted molar refractivity (Wildman–Crippen MR) is 68.6 cm³/mol. The van der Waals surface area contributed by atoms with Crippen molar-refractivity contribution < 1.29 is 9.53 Å². The third kappa shape index (κ3) is 6.13. The van der Waals surface area contributed by atoms with Crippen LogP contribution < -0.4 is 0 Å². The van der Waals surface area contributed by atoms with Crippen LogP contribution >= 0.6 is 0 Å². The number of hydrogen-bond acceptors (Lipinski definition) is 2. The van der Waals surface area contributed by atoms with Crippen LogP contribution in [-0.4, -0.2) is 26.6 Å². The number of aliphatic hydroxyl groups is 1. The fraction of sp³-hybridized carbons (Fsp3) is 0.833. The van der Waals surface area contributed by atoms with Gasteiger partial charge in [-0.05, 0) is 31.0 Å². The molecule has 1 N–H and O–H groups in total. The fourth-order valence-electron chi connectivity index (χ4n) is 0.868. The second-order valence-electron chi connectivity index (χ2n) is 5.41. The molecule has 0 amide bonds. The highest BCUT2D eigenvalue weighted by molar-refractivity contribution is 6.74. The van der Waals surface area contributed by atoms with E-state index in [9.17, 15) is 0 Å². The van der Waals surface area contributed by atoms with Crippen LogP contribution in [0.15, 0.2) is 12.2 Å². The van der Waals surface area contributed by atoms with Gasteiger partial charge in [-0.15, -0.1) is 0 Å². The molecule has 0 rings (SSSR count). The topological polar surface area (TPSA) is 29.5 Å². The minimum Gasteiger partial charge on any atom is -0.413 e. The minimum atomic E-state index is -1.57. The zero-order valence-corrected chi connectivity index (χ0v) is 11.8. The molecule has 0 heterocycles. The Morgan fingerprint density at radius 3 is 2.27 bits per heavy atom. The largest absolute Gasteiger partial charge is 0.413 e. The maximum absolute atomic E-state index is 8.60. The number of hydrogen-bond donors (Lipinski definition) is 1. The minimum absolute atomic E-state index is 0.271. The number of aliphatic hydroxyl groups excluding tert-OH is 1. The summed E-state index contributed by atoms with van der Waals surface area (Å²) in [5, 5.41) is 8.88. The van der Waals surface area contributed by atoms with E-state index in [0.29, 0.717) is 6.61 Å². The Kier molecular flexibility index (Phi) is 6.40. The van der Waals surface area contributed by atoms with Gasteiger partial charge in [0, 0.05) is 6.61 Å². The summed E-state index contributed by atoms with van der Waals surface area (Å²) in [4.78, 5) is 0. The summed E-state index contributed by atoms with van der Waals surface area (Å²) >= 11 is 0. The average molecular weight is 230 g/mol. The molecule has 0 unspecified atom stereocenters. The van der Waals surface area contributed by atoms with Gasteiger partial charge in [0.1, 0.15) is 0 Å². The van der Waals surface area contributed by atoms with Crippen molar-refractivity contribution in [1.29, 1.82) is 0 Å². The lowest BCUT2D eigenvalue weighted by Gasteiger charge is -2.35. The van der Waals surface area contributed by atoms with Crippen LogP contribution in [0.3, 0.4) is 0 Å². The summed E-state index contributed by atoms with van der Waals surface area (Å²) in [7, 11) is -1.57. The molecule has 0 bridgehead atoms. The van der Waals surface area contributed by atoms with Gasteiger partial charge in [0.25, 0.3) is 0 Å². The molecule has 0 aliphatic rings. The van der Waals surface area contributed by atoms with Gasteiger partial charge < -0.3 is 9.53 Å². The monoisotopic (exact) mass is 230 g/mol. The molecule has 90 valence electrons. The lowest BCUT2D eigenvalue weighted by Crippen LogP contribution is -2.40. The molecule has 0 saturated heterocycles. The van der Waals surface area contributed by atoms with Crippen molar-refractivity contribution in [2.24, 2.45) is 0 Å². The Hall–Kier alpha value is -0.123. The maximum Gasteiger partial charge on any atom is 0.192 e. The Labute approximate surface area is 95.5 Å². The number of unbranched alkanes of at least 4 members (excludes halogenated alkanes) is 1. The predicted octanol–water partition coefficient (Wildman–Crippen LogP) is 3.34. The van der Waals surface area contributed by atoms with Gasteiger partial charge in [-0.3, -0.25) is 0 Å². The summed E-state index contributed by atoms with van der Waals surface area (Å²) in [6.45, 7) is 12.2. The first-order valence-electron chi connectivity index (χ1n) is 5.71. The molecule has 0 aromatic carbocycles. The Bertz CT molecular complexity index is 192. The molecule has 0 aromatic heterocycles. The summed E-state index contributed by atoms with van der Waals surface area (Å²) < 4.78 is 5.96. The van der Waals surface area contributed by atoms with E-state index in [1.807, 2.05) is 0 Å². The first kappa shape index (κ1) is 14.9. The average Bonchev–Trinajstić information content (AvgIpc) is 2.09. The summed E-state index contributed by atoms with van der Waals surface area (Å²) in [6, 6.07) is 0. The van der Waals surface area contributed by atoms with Crippen LogP contribution in [0.2, 0.25) is 18.1 Å². The van der Waals surface area contributed by atoms with Crippen molar-refractivity contribution in [3.63, 3.8) is 0 Å². The SMILES string of the molecule is CC(C)(C)[Si](C)(C)OC/C=C\CCCO. The van der Waals surface area contributed by atoms with Gasteiger partial charge in [0.05, 0.1) is 6.61 Å². The maximum atomic E-state index is 8.60. The highest BCUT2D eigenvalue weighted by atomic mass is 28.4. The van der Waals surface area contributed by atoms with Crippen LogP contribution in [0.1, 0.15) is 33.6 Å². The first-order valence-corrected chi connectivity index (χ1v) is 8.62. The van der Waals surface area contributed by atoms with E-state index in [-0.39, 0.29) is 11.6 Å². The van der Waals surface area contributed by atoms with Crippen molar-refractivity contribution in [1.82, 2.24) is 0 Å². The van der Waals surface area contributed by atoms with E-state index in [0.717, 1.165) is 12.8 Å². The lowest BCUT2D eigenvalue weighted by atomic mass is 10.2. The first-order chi connectivity index (χ1) is 6.81. The quantitative estimate of drug-likeness (QED) is 0.431. The molecule has 0 fully saturated rings. The summed E-state index contributed by atoms with van der Waals surface area (Å²) in [5.41, 5.74) is 0. The van der Waals surface area contributed by atoms with Crippen molar-refractivity contribution >= 4 is 8.32 Å². The van der Waals surface area contributed by atoms with Crippen molar-refractivity contribution in [2.45, 2.75) is 51.7 Å². The van der Waals surface area contributed by atoms with Crippen LogP contribution in [-0.2, 0) is 4.43 Å². The standard InChI is InChI=1S/C12H26O2Si/c1-12(2,3)15(4,5)14-11-9-7-6-8-10-13/h7,9,13H,6,8,10-11H2,1-5H3/b9-7-. The van der Waals surface area contributed by atoms with Gasteiger partial charge in [-0.2, -0.15) is 0 Å². The van der Waals surface area contributed by atoms with Gasteiger partial charge in [0.2, 0.25) is 0 Å². The van der Waals surface area contributed by atoms with E-state index in [1.54, 1.807) is 0 Å². The Morgan fingerprint density at radius 1 is 1.20 bits per heavy atom. The van der Waals surface area contributed by atoms with E-state index in [4.69, 9.17) is 9.53 Å². The van der Waals surface area contributed by atoms with Crippen LogP contribution in [0.25, 0.3) is 0 Å². The normalized spacial score (nSPS) is 13.7. The molecular formula is C12H26O2Si. The fourth-order valence-corrected chi connectivity index (χ4v) is 1.81. The van der Waals surface area contributed by atoms with E-state index >= 15 is 0 Å². The lowest BCUT2D eigenvalue weighted by molar-refractivity contribution is 0.289. The Balaban J connectivity index is 3.80. The highest BCUT2D eigenvalue weighted by Crippen LogP contribution is 2.36. The highest BCUT2D eigenvalue weighted by Gasteiger charge is 2.36. The Morgan fingerprint density at radius 2 is 1.80 bits per heavy atom. The van der Waals surface area contributed by atoms with Crippen molar-refractivity contribution in [3.8, 4) is 0 Å². The molecule has 0 radical (unpaired) electrons. The molecule has 15 heavy (non-hydrogen) atoms. The van der Waals surface area contributed by atoms with E-state index < -0.39 is 8.32 Å². The van der Waals surface area contributed by atoms with Crippen LogP contribution in [0, 0.1) is 0 Å². The van der Waals surface area contributed by atoms with Gasteiger partial charge in [-0.25, -0.2) is 0 Å². The second-order valence-corrected chi connectivity index (χ2v) is 10.2. The third-order valence-corrected chi connectivity index (χ3v) is 7.54. The van der Waals surface area contributed by atoms with Crippen molar-refractivity contribution in [3.05, 3.63) is 12.2 Å². The van der Waals surface area contributed by atoms with Crippen LogP contribution in [0.4, 0.5) is 0 Å². The van der Waals surface area contributed by atoms with E-state index in [2.05, 4.69) is 46.0 Å². The molecule has 0 aliphatic heterocycles. The van der Waals surface area contributed by atoms with Crippen LogP contribution in [0.5, 0.6) is 0 Å². The molecule has 0 saturated carbocycles. The molecule has 0 atom stereocenters. The zero-order chi connectivity index (χ0) is 11.9. The summed E-state index contributed by atoms with van der Waals surface area (Å²) in [5.74, 6) is 0.